The minimum absolute atomic E-state index is 0.00813. The van der Waals surface area contributed by atoms with Gasteiger partial charge < -0.3 is 9.80 Å². The second-order valence-corrected chi connectivity index (χ2v) is 6.68. The summed E-state index contributed by atoms with van der Waals surface area (Å²) in [6.07, 6.45) is 7.02. The minimum Gasteiger partial charge on any atom is -0.368 e. The van der Waals surface area contributed by atoms with Crippen LogP contribution in [-0.2, 0) is 4.79 Å². The first-order chi connectivity index (χ1) is 13.7. The first-order valence-corrected chi connectivity index (χ1v) is 9.27. The van der Waals surface area contributed by atoms with E-state index in [1.54, 1.807) is 35.2 Å². The Hall–Kier alpha value is -3.41. The fourth-order valence-corrected chi connectivity index (χ4v) is 3.25. The zero-order valence-electron chi connectivity index (χ0n) is 15.4. The summed E-state index contributed by atoms with van der Waals surface area (Å²) in [5.74, 6) is -0.246. The summed E-state index contributed by atoms with van der Waals surface area (Å²) >= 11 is 0. The van der Waals surface area contributed by atoms with Gasteiger partial charge in [-0.25, -0.2) is 9.07 Å². The van der Waals surface area contributed by atoms with Crippen molar-refractivity contribution in [3.05, 3.63) is 84.4 Å². The molecule has 0 atom stereocenters. The summed E-state index contributed by atoms with van der Waals surface area (Å²) in [6, 6.07) is 16.3. The van der Waals surface area contributed by atoms with Crippen LogP contribution in [0.3, 0.4) is 0 Å². The molecule has 0 radical (unpaired) electrons. The summed E-state index contributed by atoms with van der Waals surface area (Å²) in [7, 11) is 0. The number of amides is 1. The molecule has 1 aliphatic heterocycles. The third-order valence-corrected chi connectivity index (χ3v) is 4.82. The van der Waals surface area contributed by atoms with Crippen molar-refractivity contribution in [2.45, 2.75) is 0 Å². The Morgan fingerprint density at radius 2 is 1.64 bits per heavy atom. The molecule has 28 heavy (non-hydrogen) atoms. The van der Waals surface area contributed by atoms with Gasteiger partial charge in [0.1, 0.15) is 5.82 Å². The van der Waals surface area contributed by atoms with Crippen molar-refractivity contribution in [1.29, 1.82) is 0 Å². The number of nitrogens with zero attached hydrogens (tertiary/aromatic N) is 4. The fourth-order valence-electron chi connectivity index (χ4n) is 3.25. The van der Waals surface area contributed by atoms with Crippen LogP contribution in [0.15, 0.2) is 73.1 Å². The van der Waals surface area contributed by atoms with E-state index in [0.717, 1.165) is 30.0 Å². The van der Waals surface area contributed by atoms with Crippen LogP contribution in [0, 0.1) is 5.82 Å². The Morgan fingerprint density at radius 3 is 2.36 bits per heavy atom. The first kappa shape index (κ1) is 18.0. The van der Waals surface area contributed by atoms with Gasteiger partial charge in [-0.15, -0.1) is 0 Å². The molecule has 1 saturated heterocycles. The summed E-state index contributed by atoms with van der Waals surface area (Å²) < 4.78 is 14.8. The Kier molecular flexibility index (Phi) is 5.19. The van der Waals surface area contributed by atoms with Crippen LogP contribution < -0.4 is 4.90 Å². The molecule has 2 heterocycles. The zero-order valence-corrected chi connectivity index (χ0v) is 15.4. The maximum Gasteiger partial charge on any atom is 0.246 e. The van der Waals surface area contributed by atoms with Crippen LogP contribution >= 0.6 is 0 Å². The van der Waals surface area contributed by atoms with E-state index in [0.29, 0.717) is 13.1 Å². The Morgan fingerprint density at radius 1 is 0.929 bits per heavy atom. The monoisotopic (exact) mass is 376 g/mol. The number of carbonyl (C=O) groups is 1. The van der Waals surface area contributed by atoms with Crippen molar-refractivity contribution in [2.24, 2.45) is 0 Å². The Bertz CT molecular complexity index is 958. The van der Waals surface area contributed by atoms with Crippen LogP contribution in [0.4, 0.5) is 10.1 Å². The second-order valence-electron chi connectivity index (χ2n) is 6.68. The standard InChI is InChI=1S/C22H21FN4O/c23-19-7-9-20(10-8-19)25-12-14-26(15-13-25)22(28)11-6-18-16-24-27(17-18)21-4-2-1-3-5-21/h1-11,16-17H,12-15H2/b11-6+. The number of para-hydroxylation sites is 1. The van der Waals surface area contributed by atoms with Crippen molar-refractivity contribution in [3.63, 3.8) is 0 Å². The van der Waals surface area contributed by atoms with Gasteiger partial charge in [-0.05, 0) is 42.5 Å². The highest BCUT2D eigenvalue weighted by Gasteiger charge is 2.19. The van der Waals surface area contributed by atoms with E-state index in [1.165, 1.54) is 12.1 Å². The molecule has 0 bridgehead atoms. The molecule has 0 spiro atoms. The normalized spacial score (nSPS) is 14.6. The van der Waals surface area contributed by atoms with Crippen molar-refractivity contribution in [2.75, 3.05) is 31.1 Å². The van der Waals surface area contributed by atoms with E-state index in [2.05, 4.69) is 10.00 Å². The lowest BCUT2D eigenvalue weighted by Gasteiger charge is -2.35. The summed E-state index contributed by atoms with van der Waals surface area (Å²) in [5.41, 5.74) is 2.84. The number of hydrogen-bond acceptors (Lipinski definition) is 3. The van der Waals surface area contributed by atoms with Gasteiger partial charge in [0.2, 0.25) is 5.91 Å². The maximum absolute atomic E-state index is 13.1. The van der Waals surface area contributed by atoms with Crippen LogP contribution in [-0.4, -0.2) is 46.8 Å². The molecule has 4 rings (SSSR count). The predicted octanol–water partition coefficient (Wildman–Crippen LogP) is 3.37. The molecule has 1 aliphatic rings. The maximum atomic E-state index is 13.1. The van der Waals surface area contributed by atoms with E-state index in [1.807, 2.05) is 41.4 Å². The average Bonchev–Trinajstić information content (AvgIpc) is 3.22. The fraction of sp³-hybridized carbons (Fsp3) is 0.182. The van der Waals surface area contributed by atoms with Crippen LogP contribution in [0.25, 0.3) is 11.8 Å². The third-order valence-electron chi connectivity index (χ3n) is 4.82. The predicted molar refractivity (Wildman–Crippen MR) is 108 cm³/mol. The number of halogens is 1. The summed E-state index contributed by atoms with van der Waals surface area (Å²) in [4.78, 5) is 16.5. The van der Waals surface area contributed by atoms with Gasteiger partial charge in [-0.1, -0.05) is 18.2 Å². The van der Waals surface area contributed by atoms with Gasteiger partial charge in [0.15, 0.2) is 0 Å². The van der Waals surface area contributed by atoms with Gasteiger partial charge >= 0.3 is 0 Å². The number of aromatic nitrogens is 2. The molecule has 6 heteroatoms. The number of rotatable bonds is 4. The van der Waals surface area contributed by atoms with Crippen LogP contribution in [0.5, 0.6) is 0 Å². The third kappa shape index (κ3) is 4.11. The first-order valence-electron chi connectivity index (χ1n) is 9.27. The topological polar surface area (TPSA) is 41.4 Å². The lowest BCUT2D eigenvalue weighted by Crippen LogP contribution is -2.48. The molecule has 5 nitrogen and oxygen atoms in total. The summed E-state index contributed by atoms with van der Waals surface area (Å²) in [6.45, 7) is 2.75. The number of benzene rings is 2. The van der Waals surface area contributed by atoms with E-state index in [-0.39, 0.29) is 11.7 Å². The number of anilines is 1. The van der Waals surface area contributed by atoms with Crippen LogP contribution in [0.2, 0.25) is 0 Å². The Labute approximate surface area is 163 Å². The quantitative estimate of drug-likeness (QED) is 0.656. The minimum atomic E-state index is -0.238. The molecular formula is C22H21FN4O. The molecule has 1 fully saturated rings. The molecule has 1 amide bonds. The van der Waals surface area contributed by atoms with Gasteiger partial charge in [0.25, 0.3) is 0 Å². The SMILES string of the molecule is O=C(/C=C/c1cnn(-c2ccccc2)c1)N1CCN(c2ccc(F)cc2)CC1. The van der Waals surface area contributed by atoms with Gasteiger partial charge in [0.05, 0.1) is 11.9 Å². The largest absolute Gasteiger partial charge is 0.368 e. The highest BCUT2D eigenvalue weighted by atomic mass is 19.1. The van der Waals surface area contributed by atoms with Gasteiger partial charge in [-0.3, -0.25) is 4.79 Å². The van der Waals surface area contributed by atoms with Gasteiger partial charge in [-0.2, -0.15) is 5.10 Å². The van der Waals surface area contributed by atoms with Crippen molar-refractivity contribution in [3.8, 4) is 5.69 Å². The van der Waals surface area contributed by atoms with Crippen molar-refractivity contribution < 1.29 is 9.18 Å². The Balaban J connectivity index is 1.33. The van der Waals surface area contributed by atoms with Gasteiger partial charge in [0, 0.05) is 49.7 Å². The zero-order chi connectivity index (χ0) is 19.3. The highest BCUT2D eigenvalue weighted by molar-refractivity contribution is 5.91. The average molecular weight is 376 g/mol. The summed E-state index contributed by atoms with van der Waals surface area (Å²) in [5, 5.41) is 4.33. The lowest BCUT2D eigenvalue weighted by atomic mass is 10.2. The van der Waals surface area contributed by atoms with Crippen LogP contribution in [0.1, 0.15) is 5.56 Å². The van der Waals surface area contributed by atoms with E-state index >= 15 is 0 Å². The number of hydrogen-bond donors (Lipinski definition) is 0. The van der Waals surface area contributed by atoms with E-state index in [4.69, 9.17) is 0 Å². The second kappa shape index (κ2) is 8.08. The van der Waals surface area contributed by atoms with Crippen molar-refractivity contribution >= 4 is 17.7 Å². The molecule has 0 unspecified atom stereocenters. The number of piperazine rings is 1. The molecule has 0 saturated carbocycles. The van der Waals surface area contributed by atoms with E-state index in [9.17, 15) is 9.18 Å². The van der Waals surface area contributed by atoms with Crippen molar-refractivity contribution in [1.82, 2.24) is 14.7 Å². The number of carbonyl (C=O) groups excluding carboxylic acids is 1. The molecule has 1 aromatic heterocycles. The lowest BCUT2D eigenvalue weighted by molar-refractivity contribution is -0.126. The molecule has 2 aromatic carbocycles. The molecular weight excluding hydrogens is 355 g/mol. The molecule has 0 aliphatic carbocycles. The highest BCUT2D eigenvalue weighted by Crippen LogP contribution is 2.17. The van der Waals surface area contributed by atoms with E-state index < -0.39 is 0 Å². The smallest absolute Gasteiger partial charge is 0.246 e. The molecule has 0 N–H and O–H groups in total. The molecule has 142 valence electrons. The molecule has 3 aromatic rings.